The number of ether oxygens (including phenoxy) is 3. The van der Waals surface area contributed by atoms with Crippen molar-refractivity contribution in [3.8, 4) is 22.5 Å². The normalized spacial score (nSPS) is 24.9. The van der Waals surface area contributed by atoms with Crippen molar-refractivity contribution in [1.82, 2.24) is 35.2 Å². The van der Waals surface area contributed by atoms with Crippen LogP contribution in [0.2, 0.25) is 0 Å². The molecular weight excluding hydrogens is 771 g/mol. The topological polar surface area (TPSA) is 157 Å². The number of pyridine rings is 1. The highest BCUT2D eigenvalue weighted by molar-refractivity contribution is 7.10. The number of thiazole rings is 1. The maximum absolute atomic E-state index is 14.7. The summed E-state index contributed by atoms with van der Waals surface area (Å²) >= 11 is 1.36. The van der Waals surface area contributed by atoms with Crippen molar-refractivity contribution in [2.45, 2.75) is 91.6 Å². The molecule has 15 heteroatoms. The Hall–Kier alpha value is -4.70. The highest BCUT2D eigenvalue weighted by Gasteiger charge is 2.57. The zero-order chi connectivity index (χ0) is 42.3. The molecule has 2 N–H and O–H groups in total. The first-order chi connectivity index (χ1) is 28.2. The van der Waals surface area contributed by atoms with Crippen LogP contribution in [0.3, 0.4) is 0 Å². The maximum atomic E-state index is 14.7. The van der Waals surface area contributed by atoms with Crippen molar-refractivity contribution in [1.29, 1.82) is 0 Å². The SMILES string of the molecule is CCO[C@@H]1c2nc(cs2)-c2ccc3c(c2)c(c(-c2cccnc2[C@H](C)OC)n3CC)CC(C)(C)COC(=O)[C@@H]2CCCN(N2)C(=O)[C@H]1NC(=O)[C@H]1[C@H](C)[C@@H]1C(=O)N(C)C. The van der Waals surface area contributed by atoms with Gasteiger partial charge < -0.3 is 29.0 Å². The minimum absolute atomic E-state index is 0.131. The van der Waals surface area contributed by atoms with E-state index in [-0.39, 0.29) is 31.1 Å². The largest absolute Gasteiger partial charge is 0.464 e. The van der Waals surface area contributed by atoms with Crippen LogP contribution in [0.4, 0.5) is 0 Å². The third kappa shape index (κ3) is 8.26. The molecule has 1 saturated heterocycles. The van der Waals surface area contributed by atoms with Gasteiger partial charge in [-0.15, -0.1) is 11.3 Å². The number of hydrogen-bond acceptors (Lipinski definition) is 11. The molecule has 1 aromatic carbocycles. The molecule has 0 unspecified atom stereocenters. The van der Waals surface area contributed by atoms with Gasteiger partial charge in [-0.25, -0.2) is 10.4 Å². The van der Waals surface area contributed by atoms with Crippen LogP contribution >= 0.6 is 11.3 Å². The number of aryl methyl sites for hydroxylation is 1. The predicted octanol–water partition coefficient (Wildman–Crippen LogP) is 5.71. The molecule has 2 fully saturated rings. The van der Waals surface area contributed by atoms with Crippen molar-refractivity contribution in [2.75, 3.05) is 41.0 Å². The summed E-state index contributed by atoms with van der Waals surface area (Å²) in [6.07, 6.45) is 2.16. The van der Waals surface area contributed by atoms with Crippen LogP contribution in [-0.4, -0.2) is 101 Å². The van der Waals surface area contributed by atoms with E-state index in [1.54, 1.807) is 27.4 Å². The number of fused-ring (bicyclic) bond motifs is 6. The molecule has 7 rings (SSSR count). The number of carbonyl (C=O) groups is 4. The molecule has 3 amide bonds. The third-order valence-corrected chi connectivity index (χ3v) is 12.9. The molecule has 0 radical (unpaired) electrons. The Labute approximate surface area is 350 Å². The van der Waals surface area contributed by atoms with Gasteiger partial charge in [-0.3, -0.25) is 29.2 Å². The molecule has 4 aromatic rings. The summed E-state index contributed by atoms with van der Waals surface area (Å²) < 4.78 is 20.5. The first kappa shape index (κ1) is 42.4. The number of nitrogens with one attached hydrogen (secondary N) is 2. The number of amides is 3. The number of aromatic nitrogens is 3. The lowest BCUT2D eigenvalue weighted by atomic mass is 9.84. The molecule has 59 heavy (non-hydrogen) atoms. The molecular formula is C44H57N7O7S. The van der Waals surface area contributed by atoms with Gasteiger partial charge in [0, 0.05) is 79.9 Å². The van der Waals surface area contributed by atoms with Crippen LogP contribution in [0, 0.1) is 23.2 Å². The van der Waals surface area contributed by atoms with E-state index in [9.17, 15) is 19.2 Å². The zero-order valence-electron chi connectivity index (χ0n) is 35.5. The fourth-order valence-electron chi connectivity index (χ4n) is 8.73. The minimum Gasteiger partial charge on any atom is -0.464 e. The molecule has 316 valence electrons. The van der Waals surface area contributed by atoms with Crippen molar-refractivity contribution in [2.24, 2.45) is 23.2 Å². The van der Waals surface area contributed by atoms with Crippen LogP contribution < -0.4 is 10.7 Å². The third-order valence-electron chi connectivity index (χ3n) is 12.0. The molecule has 0 spiro atoms. The number of rotatable bonds is 9. The number of hydrogen-bond donors (Lipinski definition) is 2. The quantitative estimate of drug-likeness (QED) is 0.201. The highest BCUT2D eigenvalue weighted by Crippen LogP contribution is 2.47. The monoisotopic (exact) mass is 827 g/mol. The molecule has 6 bridgehead atoms. The lowest BCUT2D eigenvalue weighted by Crippen LogP contribution is -2.61. The summed E-state index contributed by atoms with van der Waals surface area (Å²) in [6.45, 7) is 13.4. The van der Waals surface area contributed by atoms with E-state index in [1.165, 1.54) is 21.2 Å². The fraction of sp³-hybridized carbons (Fsp3) is 0.545. The standard InChI is InChI=1S/C44H57N7O7S/c1-10-50-32-17-16-26-20-28(32)29(37(50)27-14-12-18-45-35(27)25(4)56-9)21-44(5,6)23-58-43(55)30-15-13-19-51(48-30)42(54)36(38(57-11-2)40-46-31(26)22-59-40)47-39(52)33-24(3)34(33)41(53)49(7)8/h12,14,16-18,20,22,24-25,30,33-34,36,38,48H,10-11,13,15,19,21,23H2,1-9H3,(H,47,52)/t24-,25-,30-,33-,34-,36-,38-/m0/s1. The van der Waals surface area contributed by atoms with Gasteiger partial charge in [0.2, 0.25) is 11.8 Å². The van der Waals surface area contributed by atoms with Gasteiger partial charge in [-0.1, -0.05) is 26.8 Å². The van der Waals surface area contributed by atoms with E-state index in [2.05, 4.69) is 60.3 Å². The summed E-state index contributed by atoms with van der Waals surface area (Å²) in [5.74, 6) is -2.72. The maximum Gasteiger partial charge on any atom is 0.324 e. The Bertz CT molecular complexity index is 2230. The van der Waals surface area contributed by atoms with Gasteiger partial charge in [0.15, 0.2) is 0 Å². The van der Waals surface area contributed by atoms with Crippen LogP contribution in [-0.2, 0) is 46.4 Å². The number of esters is 1. The second kappa shape index (κ2) is 17.1. The molecule has 2 aliphatic heterocycles. The smallest absolute Gasteiger partial charge is 0.324 e. The first-order valence-corrected chi connectivity index (χ1v) is 21.5. The van der Waals surface area contributed by atoms with Crippen molar-refractivity contribution < 1.29 is 33.4 Å². The Balaban J connectivity index is 1.37. The van der Waals surface area contributed by atoms with Crippen molar-refractivity contribution in [3.63, 3.8) is 0 Å². The Morgan fingerprint density at radius 1 is 1.17 bits per heavy atom. The summed E-state index contributed by atoms with van der Waals surface area (Å²) in [6, 6.07) is 8.40. The van der Waals surface area contributed by atoms with Crippen LogP contribution in [0.1, 0.15) is 82.9 Å². The number of cyclic esters (lactones) is 1. The number of hydrazine groups is 1. The summed E-state index contributed by atoms with van der Waals surface area (Å²) in [4.78, 5) is 66.8. The van der Waals surface area contributed by atoms with E-state index >= 15 is 0 Å². The highest BCUT2D eigenvalue weighted by atomic mass is 32.1. The van der Waals surface area contributed by atoms with Crippen LogP contribution in [0.25, 0.3) is 33.4 Å². The summed E-state index contributed by atoms with van der Waals surface area (Å²) in [5, 5.41) is 7.92. The van der Waals surface area contributed by atoms with E-state index < -0.39 is 53.2 Å². The molecule has 7 atom stereocenters. The molecule has 1 saturated carbocycles. The molecule has 5 heterocycles. The first-order valence-electron chi connectivity index (χ1n) is 20.7. The summed E-state index contributed by atoms with van der Waals surface area (Å²) in [7, 11) is 5.03. The average molecular weight is 828 g/mol. The van der Waals surface area contributed by atoms with E-state index in [0.717, 1.165) is 39.0 Å². The van der Waals surface area contributed by atoms with Crippen LogP contribution in [0.15, 0.2) is 41.9 Å². The summed E-state index contributed by atoms with van der Waals surface area (Å²) in [5.41, 5.74) is 9.21. The van der Waals surface area contributed by atoms with Gasteiger partial charge in [0.25, 0.3) is 5.91 Å². The molecule has 3 aromatic heterocycles. The van der Waals surface area contributed by atoms with Gasteiger partial charge in [0.05, 0.1) is 41.6 Å². The molecule has 1 aliphatic carbocycles. The van der Waals surface area contributed by atoms with Crippen LogP contribution in [0.5, 0.6) is 0 Å². The van der Waals surface area contributed by atoms with Crippen molar-refractivity contribution >= 4 is 45.9 Å². The Morgan fingerprint density at radius 2 is 1.95 bits per heavy atom. The molecule has 3 aliphatic rings. The van der Waals surface area contributed by atoms with E-state index in [1.807, 2.05) is 32.2 Å². The zero-order valence-corrected chi connectivity index (χ0v) is 36.4. The number of carbonyl (C=O) groups excluding carboxylic acids is 4. The Kier molecular flexibility index (Phi) is 12.3. The van der Waals surface area contributed by atoms with Crippen molar-refractivity contribution in [3.05, 3.63) is 58.2 Å². The van der Waals surface area contributed by atoms with E-state index in [4.69, 9.17) is 24.2 Å². The van der Waals surface area contributed by atoms with Gasteiger partial charge in [-0.2, -0.15) is 0 Å². The predicted molar refractivity (Wildman–Crippen MR) is 225 cm³/mol. The second-order valence-corrected chi connectivity index (χ2v) is 17.8. The Morgan fingerprint density at radius 3 is 2.66 bits per heavy atom. The minimum atomic E-state index is -1.21. The van der Waals surface area contributed by atoms with E-state index in [0.29, 0.717) is 43.1 Å². The lowest BCUT2D eigenvalue weighted by Gasteiger charge is -2.37. The van der Waals surface area contributed by atoms with Gasteiger partial charge in [-0.05, 0) is 75.8 Å². The average Bonchev–Trinajstić information content (AvgIpc) is 3.51. The number of benzene rings is 1. The number of methoxy groups -OCH3 is 1. The fourth-order valence-corrected chi connectivity index (χ4v) is 9.64. The number of nitrogens with zero attached hydrogens (tertiary/aromatic N) is 5. The lowest BCUT2D eigenvalue weighted by molar-refractivity contribution is -0.156. The van der Waals surface area contributed by atoms with Gasteiger partial charge >= 0.3 is 5.97 Å². The van der Waals surface area contributed by atoms with Gasteiger partial charge in [0.1, 0.15) is 23.2 Å². The molecule has 14 nitrogen and oxygen atoms in total. The second-order valence-electron chi connectivity index (χ2n) is 17.0.